The SMILES string of the molecule is COc1cc2c(cc1-c1c(C)noc1C)ncc1oc(=O)n([C@H](C)c3ccccc3Cl)c12. The summed E-state index contributed by atoms with van der Waals surface area (Å²) in [6.07, 6.45) is 1.57. The quantitative estimate of drug-likeness (QED) is 0.350. The largest absolute Gasteiger partial charge is 0.496 e. The van der Waals surface area contributed by atoms with E-state index < -0.39 is 5.76 Å². The normalized spacial score (nSPS) is 12.5. The van der Waals surface area contributed by atoms with Gasteiger partial charge in [0, 0.05) is 16.0 Å². The van der Waals surface area contributed by atoms with E-state index in [-0.39, 0.29) is 6.04 Å². The van der Waals surface area contributed by atoms with Gasteiger partial charge in [0.05, 0.1) is 36.1 Å². The minimum atomic E-state index is -0.476. The van der Waals surface area contributed by atoms with Gasteiger partial charge in [0.15, 0.2) is 5.58 Å². The molecule has 3 heterocycles. The molecule has 0 radical (unpaired) electrons. The predicted octanol–water partition coefficient (Wildman–Crippen LogP) is 5.69. The van der Waals surface area contributed by atoms with Crippen LogP contribution in [0.5, 0.6) is 5.75 Å². The summed E-state index contributed by atoms with van der Waals surface area (Å²) in [7, 11) is 1.60. The Morgan fingerprint density at radius 1 is 1.19 bits per heavy atom. The number of hydrogen-bond donors (Lipinski definition) is 0. The van der Waals surface area contributed by atoms with Gasteiger partial charge in [-0.05, 0) is 44.5 Å². The Hall–Kier alpha value is -3.58. The molecule has 0 amide bonds. The monoisotopic (exact) mass is 449 g/mol. The highest BCUT2D eigenvalue weighted by Gasteiger charge is 2.23. The van der Waals surface area contributed by atoms with Gasteiger partial charge >= 0.3 is 5.76 Å². The van der Waals surface area contributed by atoms with Gasteiger partial charge < -0.3 is 13.7 Å². The fraction of sp³-hybridized carbons (Fsp3) is 0.208. The van der Waals surface area contributed by atoms with Crippen molar-refractivity contribution in [1.82, 2.24) is 14.7 Å². The highest BCUT2D eigenvalue weighted by molar-refractivity contribution is 6.31. The number of halogens is 1. The fourth-order valence-electron chi connectivity index (χ4n) is 4.28. The molecule has 0 fully saturated rings. The molecule has 0 aliphatic heterocycles. The number of hydrogen-bond acceptors (Lipinski definition) is 6. The van der Waals surface area contributed by atoms with Crippen molar-refractivity contribution in [3.8, 4) is 16.9 Å². The Kier molecular flexibility index (Phi) is 4.78. The summed E-state index contributed by atoms with van der Waals surface area (Å²) in [5.41, 5.74) is 4.98. The average molecular weight is 450 g/mol. The molecule has 0 unspecified atom stereocenters. The number of ether oxygens (including phenoxy) is 1. The third kappa shape index (κ3) is 3.00. The molecule has 0 N–H and O–H groups in total. The van der Waals surface area contributed by atoms with E-state index in [4.69, 9.17) is 25.3 Å². The number of aromatic nitrogens is 3. The molecule has 5 aromatic rings. The van der Waals surface area contributed by atoms with Gasteiger partial charge in [-0.2, -0.15) is 0 Å². The van der Waals surface area contributed by atoms with Crippen LogP contribution in [0.3, 0.4) is 0 Å². The van der Waals surface area contributed by atoms with E-state index in [0.29, 0.717) is 33.1 Å². The van der Waals surface area contributed by atoms with Gasteiger partial charge in [0.25, 0.3) is 0 Å². The number of oxazole rings is 1. The second-order valence-corrected chi connectivity index (χ2v) is 8.08. The number of nitrogens with zero attached hydrogens (tertiary/aromatic N) is 3. The van der Waals surface area contributed by atoms with Crippen molar-refractivity contribution in [2.45, 2.75) is 26.8 Å². The maximum absolute atomic E-state index is 12.9. The first-order valence-corrected chi connectivity index (χ1v) is 10.5. The van der Waals surface area contributed by atoms with Crippen LogP contribution in [-0.4, -0.2) is 21.8 Å². The van der Waals surface area contributed by atoms with Crippen LogP contribution in [0.1, 0.15) is 30.0 Å². The number of rotatable bonds is 4. The molecule has 7 nitrogen and oxygen atoms in total. The minimum absolute atomic E-state index is 0.351. The zero-order valence-electron chi connectivity index (χ0n) is 18.0. The van der Waals surface area contributed by atoms with Gasteiger partial charge in [-0.25, -0.2) is 4.79 Å². The lowest BCUT2D eigenvalue weighted by Gasteiger charge is -2.16. The summed E-state index contributed by atoms with van der Waals surface area (Å²) in [4.78, 5) is 17.4. The first-order chi connectivity index (χ1) is 15.4. The van der Waals surface area contributed by atoms with Gasteiger partial charge in [-0.3, -0.25) is 9.55 Å². The third-order valence-corrected chi connectivity index (χ3v) is 6.15. The highest BCUT2D eigenvalue weighted by atomic mass is 35.5. The second-order valence-electron chi connectivity index (χ2n) is 7.68. The molecule has 32 heavy (non-hydrogen) atoms. The summed E-state index contributed by atoms with van der Waals surface area (Å²) in [6, 6.07) is 10.9. The summed E-state index contributed by atoms with van der Waals surface area (Å²) >= 11 is 6.42. The number of methoxy groups -OCH3 is 1. The molecule has 162 valence electrons. The number of benzene rings is 2. The summed E-state index contributed by atoms with van der Waals surface area (Å²) < 4.78 is 18.2. The van der Waals surface area contributed by atoms with Crippen LogP contribution in [0.2, 0.25) is 5.02 Å². The molecule has 0 aliphatic rings. The van der Waals surface area contributed by atoms with E-state index in [1.165, 1.54) is 0 Å². The first-order valence-electron chi connectivity index (χ1n) is 10.1. The maximum atomic E-state index is 12.9. The molecule has 2 aromatic carbocycles. The molecule has 0 spiro atoms. The molecule has 0 aliphatic carbocycles. The molecule has 3 aromatic heterocycles. The van der Waals surface area contributed by atoms with Crippen molar-refractivity contribution >= 4 is 33.6 Å². The van der Waals surface area contributed by atoms with Gasteiger partial charge in [0.2, 0.25) is 0 Å². The second kappa shape index (κ2) is 7.53. The summed E-state index contributed by atoms with van der Waals surface area (Å²) in [6.45, 7) is 5.65. The Morgan fingerprint density at radius 2 is 1.97 bits per heavy atom. The first kappa shape index (κ1) is 20.3. The minimum Gasteiger partial charge on any atom is -0.496 e. The zero-order valence-corrected chi connectivity index (χ0v) is 18.7. The van der Waals surface area contributed by atoms with Crippen molar-refractivity contribution in [1.29, 1.82) is 0 Å². The van der Waals surface area contributed by atoms with Gasteiger partial charge in [-0.15, -0.1) is 0 Å². The molecule has 8 heteroatoms. The van der Waals surface area contributed by atoms with Crippen molar-refractivity contribution in [3.63, 3.8) is 0 Å². The lowest BCUT2D eigenvalue weighted by Crippen LogP contribution is -2.19. The smallest absolute Gasteiger partial charge is 0.420 e. The highest BCUT2D eigenvalue weighted by Crippen LogP contribution is 2.39. The molecule has 0 saturated heterocycles. The lowest BCUT2D eigenvalue weighted by molar-refractivity contribution is 0.393. The Morgan fingerprint density at radius 3 is 2.66 bits per heavy atom. The summed E-state index contributed by atoms with van der Waals surface area (Å²) in [5, 5.41) is 5.37. The standard InChI is InChI=1S/C24H20ClN3O4/c1-12-22(14(3)32-27-12)17-9-19-16(10-20(17)30-4)23-21(11-26-19)31-24(29)28(23)13(2)15-7-5-6-8-18(15)25/h5-11,13H,1-4H3/t13-/m1/s1. The van der Waals surface area contributed by atoms with E-state index in [0.717, 1.165) is 27.8 Å². The number of pyridine rings is 1. The van der Waals surface area contributed by atoms with Gasteiger partial charge in [-0.1, -0.05) is 35.0 Å². The van der Waals surface area contributed by atoms with Crippen LogP contribution in [0.25, 0.3) is 33.1 Å². The van der Waals surface area contributed by atoms with Crippen LogP contribution >= 0.6 is 11.6 Å². The third-order valence-electron chi connectivity index (χ3n) is 5.81. The van der Waals surface area contributed by atoms with E-state index in [2.05, 4.69) is 10.1 Å². The van der Waals surface area contributed by atoms with Crippen LogP contribution in [0.15, 0.2) is 56.3 Å². The van der Waals surface area contributed by atoms with E-state index in [1.54, 1.807) is 23.9 Å². The Bertz CT molecular complexity index is 1530. The topological polar surface area (TPSA) is 83.3 Å². The predicted molar refractivity (Wildman–Crippen MR) is 123 cm³/mol. The van der Waals surface area contributed by atoms with Crippen molar-refractivity contribution in [2.24, 2.45) is 0 Å². The Balaban J connectivity index is 1.82. The van der Waals surface area contributed by atoms with Crippen LogP contribution in [0, 0.1) is 13.8 Å². The number of aryl methyl sites for hydroxylation is 2. The fourth-order valence-corrected chi connectivity index (χ4v) is 4.57. The van der Waals surface area contributed by atoms with Crippen LogP contribution in [0.4, 0.5) is 0 Å². The maximum Gasteiger partial charge on any atom is 0.420 e. The van der Waals surface area contributed by atoms with Crippen LogP contribution < -0.4 is 10.5 Å². The van der Waals surface area contributed by atoms with E-state index >= 15 is 0 Å². The summed E-state index contributed by atoms with van der Waals surface area (Å²) in [5.74, 6) is 0.830. The zero-order chi connectivity index (χ0) is 22.6. The number of fused-ring (bicyclic) bond motifs is 3. The molecule has 5 rings (SSSR count). The van der Waals surface area contributed by atoms with E-state index in [1.807, 2.05) is 51.1 Å². The van der Waals surface area contributed by atoms with Crippen molar-refractivity contribution in [3.05, 3.63) is 75.2 Å². The molecule has 0 saturated carbocycles. The molecular weight excluding hydrogens is 430 g/mol. The van der Waals surface area contributed by atoms with Crippen LogP contribution in [-0.2, 0) is 0 Å². The Labute approximate surface area is 188 Å². The molecule has 0 bridgehead atoms. The van der Waals surface area contributed by atoms with E-state index in [9.17, 15) is 4.79 Å². The van der Waals surface area contributed by atoms with Gasteiger partial charge in [0.1, 0.15) is 17.0 Å². The van der Waals surface area contributed by atoms with Crippen molar-refractivity contribution < 1.29 is 13.7 Å². The average Bonchev–Trinajstić information content (AvgIpc) is 3.30. The van der Waals surface area contributed by atoms with Crippen molar-refractivity contribution in [2.75, 3.05) is 7.11 Å². The lowest BCUT2D eigenvalue weighted by atomic mass is 10.00. The molecule has 1 atom stereocenters. The molecular formula is C24H20ClN3O4.